The molecule has 6 atom stereocenters. The first-order valence-corrected chi connectivity index (χ1v) is 11.6. The van der Waals surface area contributed by atoms with E-state index in [4.69, 9.17) is 0 Å². The summed E-state index contributed by atoms with van der Waals surface area (Å²) in [5.41, 5.74) is 5.64. The van der Waals surface area contributed by atoms with Gasteiger partial charge in [0, 0.05) is 11.1 Å². The van der Waals surface area contributed by atoms with Crippen LogP contribution in [0.15, 0.2) is 48.3 Å². The van der Waals surface area contributed by atoms with E-state index < -0.39 is 0 Å². The van der Waals surface area contributed by atoms with Gasteiger partial charge < -0.3 is 4.57 Å². The first kappa shape index (κ1) is 18.8. The summed E-state index contributed by atoms with van der Waals surface area (Å²) in [6, 6.07) is 8.46. The highest BCUT2D eigenvalue weighted by Crippen LogP contribution is 2.65. The first-order valence-electron chi connectivity index (χ1n) is 11.6. The van der Waals surface area contributed by atoms with Gasteiger partial charge in [0.2, 0.25) is 0 Å². The van der Waals surface area contributed by atoms with Crippen LogP contribution in [0.5, 0.6) is 0 Å². The molecule has 1 heterocycles. The SMILES string of the molecule is C[C@]12CC[C@@H](OF)CC1=CCC1C2CC[C@]2(C)C(n3cnc4ccccc43)=CCC12. The minimum Gasteiger partial charge on any atom is -0.302 e. The molecule has 1 aromatic carbocycles. The molecule has 4 aliphatic rings. The summed E-state index contributed by atoms with van der Waals surface area (Å²) in [6.45, 7) is 4.95. The van der Waals surface area contributed by atoms with E-state index in [9.17, 15) is 4.53 Å². The lowest BCUT2D eigenvalue weighted by molar-refractivity contribution is -0.190. The van der Waals surface area contributed by atoms with Crippen LogP contribution in [0.3, 0.4) is 0 Å². The van der Waals surface area contributed by atoms with Crippen molar-refractivity contribution in [2.45, 2.75) is 64.9 Å². The van der Waals surface area contributed by atoms with Gasteiger partial charge in [-0.3, -0.25) is 0 Å². The fourth-order valence-electron chi connectivity index (χ4n) is 7.77. The van der Waals surface area contributed by atoms with Crippen molar-refractivity contribution in [3.05, 3.63) is 48.3 Å². The van der Waals surface area contributed by atoms with E-state index in [2.05, 4.69) is 64.8 Å². The molecule has 2 fully saturated rings. The van der Waals surface area contributed by atoms with Crippen LogP contribution in [-0.2, 0) is 4.94 Å². The third kappa shape index (κ3) is 2.43. The maximum absolute atomic E-state index is 12.9. The monoisotopic (exact) mass is 406 g/mol. The minimum atomic E-state index is -0.232. The Hall–Kier alpha value is -1.94. The van der Waals surface area contributed by atoms with E-state index in [1.807, 2.05) is 6.33 Å². The minimum absolute atomic E-state index is 0.200. The molecule has 0 amide bonds. The molecule has 2 aromatic rings. The molecule has 0 radical (unpaired) electrons. The van der Waals surface area contributed by atoms with Gasteiger partial charge in [-0.1, -0.05) is 43.7 Å². The molecule has 0 saturated heterocycles. The Balaban J connectivity index is 1.34. The fourth-order valence-corrected chi connectivity index (χ4v) is 7.77. The molecule has 4 aliphatic carbocycles. The summed E-state index contributed by atoms with van der Waals surface area (Å²) in [7, 11) is 0. The topological polar surface area (TPSA) is 27.1 Å². The summed E-state index contributed by atoms with van der Waals surface area (Å²) < 4.78 is 15.2. The van der Waals surface area contributed by atoms with Gasteiger partial charge in [0.25, 0.3) is 0 Å². The van der Waals surface area contributed by atoms with Crippen LogP contribution in [0.2, 0.25) is 0 Å². The van der Waals surface area contributed by atoms with Gasteiger partial charge in [0.15, 0.2) is 0 Å². The summed E-state index contributed by atoms with van der Waals surface area (Å²) in [4.78, 5) is 8.90. The van der Waals surface area contributed by atoms with Gasteiger partial charge >= 0.3 is 0 Å². The molecule has 0 N–H and O–H groups in total. The average molecular weight is 407 g/mol. The number of aromatic nitrogens is 2. The van der Waals surface area contributed by atoms with Crippen LogP contribution in [0, 0.1) is 28.6 Å². The van der Waals surface area contributed by atoms with Crippen molar-refractivity contribution in [3.63, 3.8) is 0 Å². The normalized spacial score (nSPS) is 40.4. The number of para-hydroxylation sites is 2. The third-order valence-corrected chi connectivity index (χ3v) is 9.44. The maximum Gasteiger partial charge on any atom is 0.102 e. The van der Waals surface area contributed by atoms with E-state index in [1.165, 1.54) is 29.6 Å². The largest absolute Gasteiger partial charge is 0.302 e. The zero-order valence-electron chi connectivity index (χ0n) is 18.0. The smallest absolute Gasteiger partial charge is 0.102 e. The molecule has 0 bridgehead atoms. The number of hydrogen-bond acceptors (Lipinski definition) is 2. The highest BCUT2D eigenvalue weighted by molar-refractivity contribution is 5.80. The van der Waals surface area contributed by atoms with Crippen LogP contribution in [0.4, 0.5) is 4.53 Å². The van der Waals surface area contributed by atoms with Gasteiger partial charge in [-0.25, -0.2) is 4.98 Å². The highest BCUT2D eigenvalue weighted by Gasteiger charge is 2.57. The predicted molar refractivity (Wildman–Crippen MR) is 117 cm³/mol. The number of halogens is 1. The zero-order chi connectivity index (χ0) is 20.5. The first-order chi connectivity index (χ1) is 14.5. The standard InChI is InChI=1S/C26H31FN2O/c1-25-13-11-18(30-27)15-17(25)7-8-19-20-9-10-24(26(20,2)14-12-21(19)25)29-16-28-22-5-3-4-6-23(22)29/h3-7,10,16,18-21H,8-9,11-15H2,1-2H3/t18-,19?,20?,21?,25+,26+/m1/s1. The maximum atomic E-state index is 12.9. The van der Waals surface area contributed by atoms with Crippen molar-refractivity contribution >= 4 is 16.7 Å². The quantitative estimate of drug-likeness (QED) is 0.518. The van der Waals surface area contributed by atoms with Gasteiger partial charge in [-0.15, -0.1) is 0 Å². The van der Waals surface area contributed by atoms with Crippen molar-refractivity contribution in [2.24, 2.45) is 28.6 Å². The number of hydrogen-bond donors (Lipinski definition) is 0. The van der Waals surface area contributed by atoms with Crippen LogP contribution < -0.4 is 0 Å². The second kappa shape index (κ2) is 6.53. The second-order valence-electron chi connectivity index (χ2n) is 10.6. The van der Waals surface area contributed by atoms with Crippen molar-refractivity contribution in [1.82, 2.24) is 9.55 Å². The van der Waals surface area contributed by atoms with E-state index >= 15 is 0 Å². The van der Waals surface area contributed by atoms with Crippen molar-refractivity contribution in [2.75, 3.05) is 0 Å². The van der Waals surface area contributed by atoms with E-state index in [0.717, 1.165) is 37.6 Å². The third-order valence-electron chi connectivity index (χ3n) is 9.44. The van der Waals surface area contributed by atoms with E-state index in [0.29, 0.717) is 17.8 Å². The Morgan fingerprint density at radius 3 is 2.73 bits per heavy atom. The molecule has 1 aromatic heterocycles. The van der Waals surface area contributed by atoms with Gasteiger partial charge in [0.05, 0.1) is 11.0 Å². The number of allylic oxidation sites excluding steroid dienone is 3. The number of imidazole rings is 1. The Labute approximate surface area is 177 Å². The van der Waals surface area contributed by atoms with Crippen molar-refractivity contribution < 1.29 is 9.47 Å². The molecule has 0 aliphatic heterocycles. The number of fused-ring (bicyclic) bond motifs is 6. The zero-order valence-corrected chi connectivity index (χ0v) is 18.0. The molecule has 4 heteroatoms. The number of nitrogens with zero attached hydrogens (tertiary/aromatic N) is 2. The molecule has 3 unspecified atom stereocenters. The predicted octanol–water partition coefficient (Wildman–Crippen LogP) is 6.72. The lowest BCUT2D eigenvalue weighted by Gasteiger charge is -2.57. The van der Waals surface area contributed by atoms with Gasteiger partial charge in [-0.2, -0.15) is 4.94 Å². The molecular weight excluding hydrogens is 375 g/mol. The number of benzene rings is 1. The Morgan fingerprint density at radius 1 is 1.03 bits per heavy atom. The van der Waals surface area contributed by atoms with Crippen LogP contribution in [0.25, 0.3) is 16.7 Å². The van der Waals surface area contributed by atoms with Gasteiger partial charge in [0.1, 0.15) is 12.4 Å². The molecule has 2 saturated carbocycles. The lowest BCUT2D eigenvalue weighted by Crippen LogP contribution is -2.50. The molecule has 30 heavy (non-hydrogen) atoms. The summed E-state index contributed by atoms with van der Waals surface area (Å²) in [5, 5.41) is 0. The Morgan fingerprint density at radius 2 is 1.87 bits per heavy atom. The fraction of sp³-hybridized carbons (Fsp3) is 0.577. The highest BCUT2D eigenvalue weighted by atomic mass is 19.3. The Bertz CT molecular complexity index is 1050. The molecule has 158 valence electrons. The van der Waals surface area contributed by atoms with Crippen LogP contribution >= 0.6 is 0 Å². The Kier molecular flexibility index (Phi) is 4.09. The van der Waals surface area contributed by atoms with E-state index in [1.54, 1.807) is 0 Å². The summed E-state index contributed by atoms with van der Waals surface area (Å²) in [5.74, 6) is 2.10. The summed E-state index contributed by atoms with van der Waals surface area (Å²) in [6.07, 6.45) is 14.2. The van der Waals surface area contributed by atoms with Crippen LogP contribution in [0.1, 0.15) is 58.8 Å². The average Bonchev–Trinajstić information content (AvgIpc) is 3.33. The van der Waals surface area contributed by atoms with Crippen molar-refractivity contribution in [1.29, 1.82) is 0 Å². The molecule has 3 nitrogen and oxygen atoms in total. The van der Waals surface area contributed by atoms with Crippen molar-refractivity contribution in [3.8, 4) is 0 Å². The lowest BCUT2D eigenvalue weighted by atomic mass is 9.48. The molecular formula is C26H31FN2O. The molecule has 6 rings (SSSR count). The number of rotatable bonds is 2. The summed E-state index contributed by atoms with van der Waals surface area (Å²) >= 11 is 0. The van der Waals surface area contributed by atoms with E-state index in [-0.39, 0.29) is 16.9 Å². The van der Waals surface area contributed by atoms with Crippen LogP contribution in [-0.4, -0.2) is 15.7 Å². The molecule has 0 spiro atoms. The van der Waals surface area contributed by atoms with Gasteiger partial charge in [-0.05, 0) is 84.8 Å². The second-order valence-corrected chi connectivity index (χ2v) is 10.6.